The standard InChI is InChI=1S/C8H15NO2/c1-9-3-2-7-8(9)6(4-10)5-11-7/h6-8,10H,2-5H2,1H3. The Morgan fingerprint density at radius 3 is 3.18 bits per heavy atom. The first kappa shape index (κ1) is 7.53. The monoisotopic (exact) mass is 157 g/mol. The second-order valence-corrected chi connectivity index (χ2v) is 3.57. The van der Waals surface area contributed by atoms with Gasteiger partial charge < -0.3 is 14.7 Å². The summed E-state index contributed by atoms with van der Waals surface area (Å²) in [5.74, 6) is 0.354. The van der Waals surface area contributed by atoms with Crippen molar-refractivity contribution in [3.63, 3.8) is 0 Å². The van der Waals surface area contributed by atoms with Gasteiger partial charge in [0.15, 0.2) is 0 Å². The van der Waals surface area contributed by atoms with Crippen molar-refractivity contribution in [1.29, 1.82) is 0 Å². The molecule has 2 heterocycles. The van der Waals surface area contributed by atoms with E-state index in [9.17, 15) is 0 Å². The van der Waals surface area contributed by atoms with E-state index in [0.717, 1.165) is 19.6 Å². The molecule has 0 aliphatic carbocycles. The maximum Gasteiger partial charge on any atom is 0.0746 e. The van der Waals surface area contributed by atoms with Crippen molar-refractivity contribution >= 4 is 0 Å². The number of rotatable bonds is 1. The predicted octanol–water partition coefficient (Wildman–Crippen LogP) is -0.302. The quantitative estimate of drug-likeness (QED) is 0.567. The van der Waals surface area contributed by atoms with Crippen LogP contribution >= 0.6 is 0 Å². The molecule has 3 heteroatoms. The fourth-order valence-corrected chi connectivity index (χ4v) is 2.29. The van der Waals surface area contributed by atoms with Crippen LogP contribution in [-0.2, 0) is 4.74 Å². The second kappa shape index (κ2) is 2.73. The number of aliphatic hydroxyl groups is 1. The zero-order valence-corrected chi connectivity index (χ0v) is 6.86. The SMILES string of the molecule is CN1CCC2OCC(CO)C21. The van der Waals surface area contributed by atoms with Crippen LogP contribution in [0.1, 0.15) is 6.42 Å². The summed E-state index contributed by atoms with van der Waals surface area (Å²) in [5.41, 5.74) is 0. The van der Waals surface area contributed by atoms with Gasteiger partial charge in [-0.15, -0.1) is 0 Å². The van der Waals surface area contributed by atoms with Gasteiger partial charge in [-0.05, 0) is 13.5 Å². The lowest BCUT2D eigenvalue weighted by molar-refractivity contribution is 0.102. The van der Waals surface area contributed by atoms with Gasteiger partial charge in [-0.3, -0.25) is 0 Å². The normalized spacial score (nSPS) is 44.7. The number of likely N-dealkylation sites (N-methyl/N-ethyl adjacent to an activating group) is 1. The molecule has 64 valence electrons. The van der Waals surface area contributed by atoms with Crippen molar-refractivity contribution in [3.8, 4) is 0 Å². The summed E-state index contributed by atoms with van der Waals surface area (Å²) in [6, 6.07) is 0.486. The van der Waals surface area contributed by atoms with Gasteiger partial charge in [-0.1, -0.05) is 0 Å². The second-order valence-electron chi connectivity index (χ2n) is 3.57. The molecule has 2 saturated heterocycles. The molecule has 0 radical (unpaired) electrons. The highest BCUT2D eigenvalue weighted by molar-refractivity contribution is 4.95. The molecule has 11 heavy (non-hydrogen) atoms. The van der Waals surface area contributed by atoms with E-state index >= 15 is 0 Å². The highest BCUT2D eigenvalue weighted by atomic mass is 16.5. The summed E-state index contributed by atoms with van der Waals surface area (Å²) in [7, 11) is 2.11. The van der Waals surface area contributed by atoms with Crippen molar-refractivity contribution in [2.45, 2.75) is 18.6 Å². The van der Waals surface area contributed by atoms with Crippen LogP contribution < -0.4 is 0 Å². The van der Waals surface area contributed by atoms with Gasteiger partial charge in [-0.25, -0.2) is 0 Å². The van der Waals surface area contributed by atoms with E-state index in [2.05, 4.69) is 11.9 Å². The average molecular weight is 157 g/mol. The number of fused-ring (bicyclic) bond motifs is 1. The summed E-state index contributed by atoms with van der Waals surface area (Å²) in [6.45, 7) is 2.13. The maximum absolute atomic E-state index is 9.02. The van der Waals surface area contributed by atoms with E-state index in [-0.39, 0.29) is 6.61 Å². The Morgan fingerprint density at radius 2 is 2.45 bits per heavy atom. The number of likely N-dealkylation sites (tertiary alicyclic amines) is 1. The van der Waals surface area contributed by atoms with Gasteiger partial charge in [0.2, 0.25) is 0 Å². The van der Waals surface area contributed by atoms with E-state index in [1.165, 1.54) is 0 Å². The first-order chi connectivity index (χ1) is 5.33. The van der Waals surface area contributed by atoms with Crippen LogP contribution in [0.15, 0.2) is 0 Å². The lowest BCUT2D eigenvalue weighted by Crippen LogP contribution is -2.36. The summed E-state index contributed by atoms with van der Waals surface area (Å²) in [6.07, 6.45) is 1.54. The lowest BCUT2D eigenvalue weighted by atomic mass is 10.0. The molecular weight excluding hydrogens is 142 g/mol. The van der Waals surface area contributed by atoms with E-state index in [1.807, 2.05) is 0 Å². The molecule has 3 nitrogen and oxygen atoms in total. The largest absolute Gasteiger partial charge is 0.396 e. The topological polar surface area (TPSA) is 32.7 Å². The summed E-state index contributed by atoms with van der Waals surface area (Å²) >= 11 is 0. The van der Waals surface area contributed by atoms with Crippen LogP contribution in [0.4, 0.5) is 0 Å². The molecule has 2 fully saturated rings. The van der Waals surface area contributed by atoms with E-state index in [0.29, 0.717) is 18.1 Å². The van der Waals surface area contributed by atoms with Gasteiger partial charge in [0.1, 0.15) is 0 Å². The fraction of sp³-hybridized carbons (Fsp3) is 1.00. The molecule has 0 aromatic carbocycles. The Morgan fingerprint density at radius 1 is 1.64 bits per heavy atom. The van der Waals surface area contributed by atoms with E-state index in [4.69, 9.17) is 9.84 Å². The van der Waals surface area contributed by atoms with Crippen molar-refractivity contribution in [1.82, 2.24) is 4.90 Å². The van der Waals surface area contributed by atoms with Gasteiger partial charge in [0.25, 0.3) is 0 Å². The maximum atomic E-state index is 9.02. The highest BCUT2D eigenvalue weighted by Crippen LogP contribution is 2.31. The number of hydrogen-bond donors (Lipinski definition) is 1. The minimum atomic E-state index is 0.269. The molecule has 0 saturated carbocycles. The molecule has 2 rings (SSSR count). The minimum Gasteiger partial charge on any atom is -0.396 e. The van der Waals surface area contributed by atoms with Crippen LogP contribution in [0.3, 0.4) is 0 Å². The Bertz CT molecular complexity index is 151. The lowest BCUT2D eigenvalue weighted by Gasteiger charge is -2.21. The average Bonchev–Trinajstić information content (AvgIpc) is 2.54. The molecule has 2 aliphatic rings. The van der Waals surface area contributed by atoms with Crippen molar-refractivity contribution in [3.05, 3.63) is 0 Å². The Hall–Kier alpha value is -0.120. The van der Waals surface area contributed by atoms with Crippen molar-refractivity contribution in [2.24, 2.45) is 5.92 Å². The molecule has 0 bridgehead atoms. The molecule has 0 amide bonds. The first-order valence-corrected chi connectivity index (χ1v) is 4.25. The van der Waals surface area contributed by atoms with Gasteiger partial charge in [0, 0.05) is 25.1 Å². The van der Waals surface area contributed by atoms with Gasteiger partial charge in [-0.2, -0.15) is 0 Å². The van der Waals surface area contributed by atoms with Crippen LogP contribution in [-0.4, -0.2) is 49.0 Å². The molecule has 1 N–H and O–H groups in total. The molecule has 0 aromatic heterocycles. The van der Waals surface area contributed by atoms with Crippen LogP contribution in [0.25, 0.3) is 0 Å². The molecule has 3 atom stereocenters. The molecule has 3 unspecified atom stereocenters. The third-order valence-electron chi connectivity index (χ3n) is 2.90. The summed E-state index contributed by atoms with van der Waals surface area (Å²) in [4.78, 5) is 2.30. The Balaban J connectivity index is 2.07. The Labute approximate surface area is 66.9 Å². The Kier molecular flexibility index (Phi) is 1.87. The molecule has 0 aromatic rings. The number of nitrogens with zero attached hydrogens (tertiary/aromatic N) is 1. The number of ether oxygens (including phenoxy) is 1. The van der Waals surface area contributed by atoms with Crippen molar-refractivity contribution < 1.29 is 9.84 Å². The van der Waals surface area contributed by atoms with E-state index < -0.39 is 0 Å². The van der Waals surface area contributed by atoms with Gasteiger partial charge >= 0.3 is 0 Å². The summed E-state index contributed by atoms with van der Waals surface area (Å²) < 4.78 is 5.55. The highest BCUT2D eigenvalue weighted by Gasteiger charge is 2.43. The third kappa shape index (κ3) is 1.08. The number of aliphatic hydroxyl groups excluding tert-OH is 1. The zero-order valence-electron chi connectivity index (χ0n) is 6.86. The smallest absolute Gasteiger partial charge is 0.0746 e. The number of hydrogen-bond acceptors (Lipinski definition) is 3. The first-order valence-electron chi connectivity index (χ1n) is 4.25. The van der Waals surface area contributed by atoms with Crippen LogP contribution in [0.5, 0.6) is 0 Å². The zero-order chi connectivity index (χ0) is 7.84. The molecular formula is C8H15NO2. The fourth-order valence-electron chi connectivity index (χ4n) is 2.29. The summed E-state index contributed by atoms with van der Waals surface area (Å²) in [5, 5.41) is 9.02. The van der Waals surface area contributed by atoms with E-state index in [1.54, 1.807) is 0 Å². The van der Waals surface area contributed by atoms with Gasteiger partial charge in [0.05, 0.1) is 12.7 Å². The predicted molar refractivity (Wildman–Crippen MR) is 41.4 cm³/mol. The molecule has 2 aliphatic heterocycles. The van der Waals surface area contributed by atoms with Crippen molar-refractivity contribution in [2.75, 3.05) is 26.8 Å². The molecule has 0 spiro atoms. The van der Waals surface area contributed by atoms with Crippen LogP contribution in [0.2, 0.25) is 0 Å². The van der Waals surface area contributed by atoms with Crippen LogP contribution in [0, 0.1) is 5.92 Å². The minimum absolute atomic E-state index is 0.269. The third-order valence-corrected chi connectivity index (χ3v) is 2.90.